The van der Waals surface area contributed by atoms with Crippen molar-refractivity contribution >= 4 is 6.16 Å². The van der Waals surface area contributed by atoms with Gasteiger partial charge in [0.25, 0.3) is 0 Å². The van der Waals surface area contributed by atoms with E-state index in [4.69, 9.17) is 9.47 Å². The molecule has 0 aromatic rings. The summed E-state index contributed by atoms with van der Waals surface area (Å²) in [5.41, 5.74) is 0. The van der Waals surface area contributed by atoms with Gasteiger partial charge in [-0.25, -0.2) is 4.79 Å². The van der Waals surface area contributed by atoms with Crippen LogP contribution in [-0.2, 0) is 9.47 Å². The molecule has 0 saturated heterocycles. The largest absolute Gasteiger partial charge is 0.508 e. The van der Waals surface area contributed by atoms with E-state index in [2.05, 4.69) is 55.4 Å². The van der Waals surface area contributed by atoms with Gasteiger partial charge in [0.1, 0.15) is 0 Å². The van der Waals surface area contributed by atoms with Crippen molar-refractivity contribution in [3.63, 3.8) is 0 Å². The fraction of sp³-hybridized carbons (Fsp3) is 0.947. The molecule has 0 aliphatic heterocycles. The predicted molar refractivity (Wildman–Crippen MR) is 92.9 cm³/mol. The van der Waals surface area contributed by atoms with Crippen molar-refractivity contribution < 1.29 is 14.3 Å². The average molecular weight is 315 g/mol. The molecule has 0 radical (unpaired) electrons. The van der Waals surface area contributed by atoms with E-state index in [1.54, 1.807) is 0 Å². The van der Waals surface area contributed by atoms with E-state index in [1.165, 1.54) is 0 Å². The van der Waals surface area contributed by atoms with Crippen molar-refractivity contribution in [2.75, 3.05) is 13.2 Å². The molecule has 0 aromatic carbocycles. The van der Waals surface area contributed by atoms with Crippen molar-refractivity contribution in [1.82, 2.24) is 0 Å². The Balaban J connectivity index is 4.20. The van der Waals surface area contributed by atoms with Crippen LogP contribution in [0.1, 0.15) is 68.2 Å². The summed E-state index contributed by atoms with van der Waals surface area (Å²) < 4.78 is 10.7. The first-order valence-electron chi connectivity index (χ1n) is 8.92. The molecule has 0 heterocycles. The van der Waals surface area contributed by atoms with E-state index in [0.717, 1.165) is 12.8 Å². The number of carbonyl (C=O) groups excluding carboxylic acids is 1. The van der Waals surface area contributed by atoms with Crippen LogP contribution in [0, 0.1) is 35.5 Å². The molecule has 0 saturated carbocycles. The number of carbonyl (C=O) groups is 1. The Hall–Kier alpha value is -0.730. The maximum absolute atomic E-state index is 11.8. The van der Waals surface area contributed by atoms with Gasteiger partial charge >= 0.3 is 6.16 Å². The van der Waals surface area contributed by atoms with Crippen LogP contribution in [0.2, 0.25) is 0 Å². The van der Waals surface area contributed by atoms with E-state index in [0.29, 0.717) is 48.7 Å². The van der Waals surface area contributed by atoms with E-state index in [-0.39, 0.29) is 0 Å². The Kier molecular flexibility index (Phi) is 10.5. The van der Waals surface area contributed by atoms with Crippen molar-refractivity contribution in [3.8, 4) is 0 Å². The number of hydrogen-bond donors (Lipinski definition) is 0. The van der Waals surface area contributed by atoms with Crippen molar-refractivity contribution in [2.45, 2.75) is 68.2 Å². The Morgan fingerprint density at radius 3 is 1.23 bits per heavy atom. The Morgan fingerprint density at radius 2 is 1.00 bits per heavy atom. The second kappa shape index (κ2) is 10.9. The van der Waals surface area contributed by atoms with Gasteiger partial charge in [0.2, 0.25) is 0 Å². The third-order valence-electron chi connectivity index (χ3n) is 4.26. The van der Waals surface area contributed by atoms with Crippen LogP contribution >= 0.6 is 0 Å². The monoisotopic (exact) mass is 314 g/mol. The summed E-state index contributed by atoms with van der Waals surface area (Å²) in [7, 11) is 0. The minimum atomic E-state index is -0.510. The second-order valence-corrected chi connectivity index (χ2v) is 8.14. The van der Waals surface area contributed by atoms with Crippen LogP contribution in [0.15, 0.2) is 0 Å². The van der Waals surface area contributed by atoms with Crippen LogP contribution in [-0.4, -0.2) is 19.4 Å². The minimum absolute atomic E-state index is 0.407. The zero-order chi connectivity index (χ0) is 17.3. The van der Waals surface area contributed by atoms with Gasteiger partial charge in [-0.2, -0.15) is 0 Å². The fourth-order valence-corrected chi connectivity index (χ4v) is 2.67. The summed E-state index contributed by atoms with van der Waals surface area (Å²) in [6, 6.07) is 0. The zero-order valence-corrected chi connectivity index (χ0v) is 16.0. The van der Waals surface area contributed by atoms with Crippen LogP contribution in [0.5, 0.6) is 0 Å². The van der Waals surface area contributed by atoms with Gasteiger partial charge in [0, 0.05) is 0 Å². The third-order valence-corrected chi connectivity index (χ3v) is 4.26. The van der Waals surface area contributed by atoms with Crippen molar-refractivity contribution in [2.24, 2.45) is 35.5 Å². The molecule has 0 aliphatic carbocycles. The SMILES string of the molecule is CC(C)CC(COC(=O)OCC(CC(C)C)C(C)C)C(C)C. The fourth-order valence-electron chi connectivity index (χ4n) is 2.67. The van der Waals surface area contributed by atoms with Crippen LogP contribution in [0.4, 0.5) is 4.79 Å². The lowest BCUT2D eigenvalue weighted by atomic mass is 9.88. The predicted octanol–water partition coefficient (Wildman–Crippen LogP) is 5.78. The zero-order valence-electron chi connectivity index (χ0n) is 16.0. The molecule has 22 heavy (non-hydrogen) atoms. The molecule has 0 N–H and O–H groups in total. The molecule has 0 aromatic heterocycles. The highest BCUT2D eigenvalue weighted by atomic mass is 16.7. The van der Waals surface area contributed by atoms with Gasteiger partial charge in [-0.3, -0.25) is 0 Å². The summed E-state index contributed by atoms with van der Waals surface area (Å²) >= 11 is 0. The van der Waals surface area contributed by atoms with Gasteiger partial charge in [-0.1, -0.05) is 55.4 Å². The highest BCUT2D eigenvalue weighted by molar-refractivity contribution is 5.59. The van der Waals surface area contributed by atoms with Crippen LogP contribution < -0.4 is 0 Å². The molecule has 0 aliphatic rings. The lowest BCUT2D eigenvalue weighted by Crippen LogP contribution is -2.24. The topological polar surface area (TPSA) is 35.5 Å². The first-order valence-corrected chi connectivity index (χ1v) is 8.92. The van der Waals surface area contributed by atoms with Crippen LogP contribution in [0.3, 0.4) is 0 Å². The van der Waals surface area contributed by atoms with Gasteiger partial charge in [-0.15, -0.1) is 0 Å². The van der Waals surface area contributed by atoms with E-state index < -0.39 is 6.16 Å². The number of rotatable bonds is 10. The lowest BCUT2D eigenvalue weighted by Gasteiger charge is -2.24. The molecule has 0 rings (SSSR count). The number of hydrogen-bond acceptors (Lipinski definition) is 3. The smallest absolute Gasteiger partial charge is 0.434 e. The molecule has 0 spiro atoms. The molecular weight excluding hydrogens is 276 g/mol. The maximum atomic E-state index is 11.8. The minimum Gasteiger partial charge on any atom is -0.434 e. The maximum Gasteiger partial charge on any atom is 0.508 e. The Morgan fingerprint density at radius 1 is 0.682 bits per heavy atom. The molecule has 0 fully saturated rings. The van der Waals surface area contributed by atoms with Crippen molar-refractivity contribution in [3.05, 3.63) is 0 Å². The summed E-state index contributed by atoms with van der Waals surface area (Å²) in [4.78, 5) is 11.8. The molecule has 3 heteroatoms. The molecule has 2 atom stereocenters. The Bertz CT molecular complexity index is 267. The first kappa shape index (κ1) is 21.3. The quantitative estimate of drug-likeness (QED) is 0.480. The molecular formula is C19H38O3. The van der Waals surface area contributed by atoms with E-state index in [1.807, 2.05) is 0 Å². The van der Waals surface area contributed by atoms with Gasteiger partial charge in [0.05, 0.1) is 13.2 Å². The second-order valence-electron chi connectivity index (χ2n) is 8.14. The standard InChI is InChI=1S/C19H38O3/c1-13(2)9-17(15(5)6)11-21-19(20)22-12-18(16(7)8)10-14(3)4/h13-18H,9-12H2,1-8H3. The summed E-state index contributed by atoms with van der Waals surface area (Å²) in [5, 5.41) is 0. The normalized spacial score (nSPS) is 14.7. The molecule has 3 nitrogen and oxygen atoms in total. The average Bonchev–Trinajstić information content (AvgIpc) is 2.37. The lowest BCUT2D eigenvalue weighted by molar-refractivity contribution is 0.0203. The molecule has 2 unspecified atom stereocenters. The molecule has 0 amide bonds. The summed E-state index contributed by atoms with van der Waals surface area (Å²) in [6.07, 6.45) is 1.64. The van der Waals surface area contributed by atoms with Gasteiger partial charge in [-0.05, 0) is 48.3 Å². The highest BCUT2D eigenvalue weighted by Crippen LogP contribution is 2.22. The first-order chi connectivity index (χ1) is 10.1. The van der Waals surface area contributed by atoms with E-state index in [9.17, 15) is 4.79 Å². The van der Waals surface area contributed by atoms with Gasteiger partial charge in [0.15, 0.2) is 0 Å². The summed E-state index contributed by atoms with van der Waals surface area (Å²) in [5.74, 6) is 3.07. The van der Waals surface area contributed by atoms with E-state index >= 15 is 0 Å². The van der Waals surface area contributed by atoms with Crippen LogP contribution in [0.25, 0.3) is 0 Å². The molecule has 0 bridgehead atoms. The Labute approximate surface area is 138 Å². The van der Waals surface area contributed by atoms with Crippen molar-refractivity contribution in [1.29, 1.82) is 0 Å². The summed E-state index contributed by atoms with van der Waals surface area (Å²) in [6.45, 7) is 18.5. The number of ether oxygens (including phenoxy) is 2. The molecule has 132 valence electrons. The third kappa shape index (κ3) is 10.1. The van der Waals surface area contributed by atoms with Gasteiger partial charge < -0.3 is 9.47 Å². The highest BCUT2D eigenvalue weighted by Gasteiger charge is 2.20.